The predicted octanol–water partition coefficient (Wildman–Crippen LogP) is 4.22. The van der Waals surface area contributed by atoms with E-state index in [4.69, 9.17) is 4.74 Å². The first-order chi connectivity index (χ1) is 14.2. The summed E-state index contributed by atoms with van der Waals surface area (Å²) in [7, 11) is 1.60. The molecule has 0 saturated carbocycles. The molecule has 0 aliphatic rings. The molecule has 0 N–H and O–H groups in total. The fourth-order valence-corrected chi connectivity index (χ4v) is 3.68. The summed E-state index contributed by atoms with van der Waals surface area (Å²) < 4.78 is 34.1. The van der Waals surface area contributed by atoms with Crippen LogP contribution in [0.15, 0.2) is 66.3 Å². The highest BCUT2D eigenvalue weighted by Crippen LogP contribution is 2.30. The van der Waals surface area contributed by atoms with Gasteiger partial charge >= 0.3 is 6.55 Å². The molecule has 0 radical (unpaired) electrons. The fourth-order valence-electron chi connectivity index (χ4n) is 2.78. The summed E-state index contributed by atoms with van der Waals surface area (Å²) in [6, 6.07) is 11.1. The quantitative estimate of drug-likeness (QED) is 0.422. The van der Waals surface area contributed by atoms with Crippen LogP contribution in [0.5, 0.6) is 5.75 Å². The van der Waals surface area contributed by atoms with Crippen LogP contribution >= 0.6 is 11.8 Å². The van der Waals surface area contributed by atoms with E-state index in [1.54, 1.807) is 19.5 Å². The van der Waals surface area contributed by atoms with Gasteiger partial charge in [-0.05, 0) is 36.4 Å². The number of rotatable bonds is 7. The van der Waals surface area contributed by atoms with Gasteiger partial charge in [0.05, 0.1) is 12.9 Å². The Morgan fingerprint density at radius 3 is 2.48 bits per heavy atom. The molecule has 0 saturated heterocycles. The van der Waals surface area contributed by atoms with Gasteiger partial charge in [-0.25, -0.2) is 4.98 Å². The summed E-state index contributed by atoms with van der Waals surface area (Å²) in [4.78, 5) is 8.06. The number of imidazole rings is 1. The molecular formula is C19H16F2N6OS. The van der Waals surface area contributed by atoms with Gasteiger partial charge in [0.25, 0.3) is 0 Å². The van der Waals surface area contributed by atoms with Crippen molar-refractivity contribution in [1.29, 1.82) is 0 Å². The highest BCUT2D eigenvalue weighted by molar-refractivity contribution is 7.98. The molecule has 7 nitrogen and oxygen atoms in total. The van der Waals surface area contributed by atoms with Crippen molar-refractivity contribution in [3.63, 3.8) is 0 Å². The third-order valence-electron chi connectivity index (χ3n) is 4.19. The Labute approximate surface area is 169 Å². The number of hydrogen-bond acceptors (Lipinski definition) is 6. The molecule has 0 spiro atoms. The Bertz CT molecular complexity index is 1080. The van der Waals surface area contributed by atoms with Crippen molar-refractivity contribution in [2.24, 2.45) is 0 Å². The van der Waals surface area contributed by atoms with Gasteiger partial charge in [0, 0.05) is 36.0 Å². The summed E-state index contributed by atoms with van der Waals surface area (Å²) in [5, 5.41) is 9.17. The highest BCUT2D eigenvalue weighted by atomic mass is 32.2. The maximum absolute atomic E-state index is 13.1. The molecule has 0 amide bonds. The Hall–Kier alpha value is -3.27. The lowest BCUT2D eigenvalue weighted by atomic mass is 10.2. The zero-order valence-corrected chi connectivity index (χ0v) is 16.1. The number of nitrogens with zero attached hydrogens (tertiary/aromatic N) is 6. The van der Waals surface area contributed by atoms with E-state index in [1.165, 1.54) is 24.2 Å². The Kier molecular flexibility index (Phi) is 5.52. The van der Waals surface area contributed by atoms with Gasteiger partial charge in [-0.15, -0.1) is 10.2 Å². The standard InChI is InChI=1S/C19H16F2N6OS/c1-28-15-4-2-14(3-5-15)27-17(13-6-8-22-9-7-13)24-25-19(27)29-12-16-23-10-11-26(16)18(20)21/h2-11,18H,12H2,1H3. The number of benzene rings is 1. The van der Waals surface area contributed by atoms with E-state index in [2.05, 4.69) is 20.2 Å². The van der Waals surface area contributed by atoms with Crippen LogP contribution in [0.4, 0.5) is 8.78 Å². The van der Waals surface area contributed by atoms with Crippen molar-refractivity contribution < 1.29 is 13.5 Å². The molecule has 3 aromatic heterocycles. The Morgan fingerprint density at radius 2 is 1.79 bits per heavy atom. The topological polar surface area (TPSA) is 70.7 Å². The minimum atomic E-state index is -2.64. The van der Waals surface area contributed by atoms with Crippen molar-refractivity contribution in [3.8, 4) is 22.8 Å². The number of thioether (sulfide) groups is 1. The van der Waals surface area contributed by atoms with Gasteiger partial charge in [-0.1, -0.05) is 11.8 Å². The average Bonchev–Trinajstić information content (AvgIpc) is 3.40. The zero-order valence-electron chi connectivity index (χ0n) is 15.3. The summed E-state index contributed by atoms with van der Waals surface area (Å²) in [6.07, 6.45) is 5.97. The molecule has 10 heteroatoms. The third-order valence-corrected chi connectivity index (χ3v) is 5.12. The van der Waals surface area contributed by atoms with Crippen LogP contribution in [-0.2, 0) is 5.75 Å². The second-order valence-electron chi connectivity index (χ2n) is 5.89. The van der Waals surface area contributed by atoms with Crippen LogP contribution in [0.2, 0.25) is 0 Å². The lowest BCUT2D eigenvalue weighted by molar-refractivity contribution is 0.0678. The van der Waals surface area contributed by atoms with Crippen molar-refractivity contribution in [3.05, 3.63) is 67.0 Å². The minimum Gasteiger partial charge on any atom is -0.497 e. The number of alkyl halides is 2. The number of halogens is 2. The maximum atomic E-state index is 13.1. The molecule has 0 fully saturated rings. The molecule has 3 heterocycles. The van der Waals surface area contributed by atoms with E-state index < -0.39 is 6.55 Å². The first-order valence-corrected chi connectivity index (χ1v) is 9.59. The van der Waals surface area contributed by atoms with Crippen LogP contribution in [0, 0.1) is 0 Å². The Balaban J connectivity index is 1.71. The average molecular weight is 414 g/mol. The predicted molar refractivity (Wildman–Crippen MR) is 104 cm³/mol. The molecular weight excluding hydrogens is 398 g/mol. The molecule has 0 atom stereocenters. The van der Waals surface area contributed by atoms with Gasteiger partial charge in [-0.3, -0.25) is 14.1 Å². The molecule has 4 aromatic rings. The van der Waals surface area contributed by atoms with Gasteiger partial charge in [0.15, 0.2) is 11.0 Å². The van der Waals surface area contributed by atoms with Crippen LogP contribution in [0.3, 0.4) is 0 Å². The normalized spacial score (nSPS) is 11.2. The summed E-state index contributed by atoms with van der Waals surface area (Å²) >= 11 is 1.28. The third kappa shape index (κ3) is 3.97. The molecule has 1 aromatic carbocycles. The molecule has 0 aliphatic carbocycles. The number of methoxy groups -OCH3 is 1. The summed E-state index contributed by atoms with van der Waals surface area (Å²) in [5.41, 5.74) is 1.66. The van der Waals surface area contributed by atoms with Crippen LogP contribution < -0.4 is 4.74 Å². The van der Waals surface area contributed by atoms with Gasteiger partial charge in [0.1, 0.15) is 11.6 Å². The zero-order chi connectivity index (χ0) is 20.2. The lowest BCUT2D eigenvalue weighted by Crippen LogP contribution is -2.03. The number of ether oxygens (including phenoxy) is 1. The van der Waals surface area contributed by atoms with E-state index in [1.807, 2.05) is 41.0 Å². The molecule has 0 aliphatic heterocycles. The van der Waals surface area contributed by atoms with E-state index in [0.29, 0.717) is 11.0 Å². The smallest absolute Gasteiger partial charge is 0.319 e. The number of pyridine rings is 1. The van der Waals surface area contributed by atoms with Crippen molar-refractivity contribution in [2.45, 2.75) is 17.5 Å². The first kappa shape index (κ1) is 19.1. The molecule has 148 valence electrons. The maximum Gasteiger partial charge on any atom is 0.319 e. The van der Waals surface area contributed by atoms with Crippen molar-refractivity contribution >= 4 is 11.8 Å². The first-order valence-electron chi connectivity index (χ1n) is 8.60. The molecule has 4 rings (SSSR count). The molecule has 29 heavy (non-hydrogen) atoms. The fraction of sp³-hybridized carbons (Fsp3) is 0.158. The molecule has 0 unspecified atom stereocenters. The van der Waals surface area contributed by atoms with Gasteiger partial charge in [0.2, 0.25) is 0 Å². The van der Waals surface area contributed by atoms with E-state index in [-0.39, 0.29) is 11.6 Å². The van der Waals surface area contributed by atoms with E-state index in [9.17, 15) is 8.78 Å². The largest absolute Gasteiger partial charge is 0.497 e. The van der Waals surface area contributed by atoms with Crippen LogP contribution in [-0.4, -0.2) is 36.4 Å². The number of hydrogen-bond donors (Lipinski definition) is 0. The van der Waals surface area contributed by atoms with Crippen LogP contribution in [0.25, 0.3) is 17.1 Å². The summed E-state index contributed by atoms with van der Waals surface area (Å²) in [5.74, 6) is 1.83. The van der Waals surface area contributed by atoms with E-state index in [0.717, 1.165) is 21.6 Å². The van der Waals surface area contributed by atoms with Gasteiger partial charge in [-0.2, -0.15) is 8.78 Å². The highest BCUT2D eigenvalue weighted by Gasteiger charge is 2.18. The van der Waals surface area contributed by atoms with Crippen LogP contribution in [0.1, 0.15) is 12.4 Å². The minimum absolute atomic E-state index is 0.224. The van der Waals surface area contributed by atoms with Gasteiger partial charge < -0.3 is 4.74 Å². The molecule has 0 bridgehead atoms. The van der Waals surface area contributed by atoms with Crippen molar-refractivity contribution in [1.82, 2.24) is 29.3 Å². The SMILES string of the molecule is COc1ccc(-n2c(SCc3nccn3C(F)F)nnc2-c2ccncc2)cc1. The summed E-state index contributed by atoms with van der Waals surface area (Å²) in [6.45, 7) is -2.64. The second-order valence-corrected chi connectivity index (χ2v) is 6.84. The lowest BCUT2D eigenvalue weighted by Gasteiger charge is -2.11. The monoisotopic (exact) mass is 414 g/mol. The Morgan fingerprint density at radius 1 is 1.03 bits per heavy atom. The second kappa shape index (κ2) is 8.39. The number of aromatic nitrogens is 6. The van der Waals surface area contributed by atoms with E-state index >= 15 is 0 Å². The van der Waals surface area contributed by atoms with Crippen molar-refractivity contribution in [2.75, 3.05) is 7.11 Å².